The maximum atomic E-state index is 10.7. The molecule has 0 bridgehead atoms. The van der Waals surface area contributed by atoms with Crippen LogP contribution in [-0.2, 0) is 0 Å². The van der Waals surface area contributed by atoms with Crippen molar-refractivity contribution in [3.05, 3.63) is 54.4 Å². The van der Waals surface area contributed by atoms with Crippen LogP contribution >= 0.6 is 0 Å². The first-order valence-electron chi connectivity index (χ1n) is 9.10. The second-order valence-electron chi connectivity index (χ2n) is 6.69. The SMILES string of the molecule is Cc1[nH]c(-c2cccnc2)nc1C(O)CN1CCN(c2ncccn2)CC1. The number of aliphatic hydroxyl groups is 1. The second-order valence-corrected chi connectivity index (χ2v) is 6.69. The van der Waals surface area contributed by atoms with E-state index < -0.39 is 6.10 Å². The van der Waals surface area contributed by atoms with Crippen molar-refractivity contribution in [2.75, 3.05) is 37.6 Å². The Morgan fingerprint density at radius 1 is 1.11 bits per heavy atom. The van der Waals surface area contributed by atoms with Crippen LogP contribution in [0.2, 0.25) is 0 Å². The number of β-amino-alcohol motifs (C(OH)–C–C–N with tert-alkyl or cyclic N) is 1. The zero-order valence-corrected chi connectivity index (χ0v) is 15.3. The summed E-state index contributed by atoms with van der Waals surface area (Å²) in [6.07, 6.45) is 6.39. The van der Waals surface area contributed by atoms with Gasteiger partial charge in [-0.05, 0) is 25.1 Å². The minimum atomic E-state index is -0.633. The summed E-state index contributed by atoms with van der Waals surface area (Å²) in [5.41, 5.74) is 2.50. The smallest absolute Gasteiger partial charge is 0.225 e. The normalized spacial score (nSPS) is 16.4. The summed E-state index contributed by atoms with van der Waals surface area (Å²) in [6, 6.07) is 5.65. The fourth-order valence-corrected chi connectivity index (χ4v) is 3.35. The lowest BCUT2D eigenvalue weighted by molar-refractivity contribution is 0.106. The van der Waals surface area contributed by atoms with Gasteiger partial charge in [-0.2, -0.15) is 0 Å². The van der Waals surface area contributed by atoms with Gasteiger partial charge in [-0.15, -0.1) is 0 Å². The summed E-state index contributed by atoms with van der Waals surface area (Å²) in [4.78, 5) is 25.0. The highest BCUT2D eigenvalue weighted by Gasteiger charge is 2.23. The lowest BCUT2D eigenvalue weighted by Crippen LogP contribution is -2.48. The van der Waals surface area contributed by atoms with Crippen molar-refractivity contribution in [2.24, 2.45) is 0 Å². The van der Waals surface area contributed by atoms with Gasteiger partial charge in [0.1, 0.15) is 11.9 Å². The summed E-state index contributed by atoms with van der Waals surface area (Å²) in [6.45, 7) is 5.90. The van der Waals surface area contributed by atoms with Crippen molar-refractivity contribution in [3.8, 4) is 11.4 Å². The molecule has 2 N–H and O–H groups in total. The van der Waals surface area contributed by atoms with Crippen LogP contribution in [0.25, 0.3) is 11.4 Å². The average Bonchev–Trinajstić information content (AvgIpc) is 3.12. The van der Waals surface area contributed by atoms with E-state index in [0.29, 0.717) is 12.2 Å². The van der Waals surface area contributed by atoms with Crippen LogP contribution in [0.5, 0.6) is 0 Å². The van der Waals surface area contributed by atoms with Gasteiger partial charge in [0.05, 0.1) is 5.69 Å². The van der Waals surface area contributed by atoms with Crippen molar-refractivity contribution in [1.29, 1.82) is 0 Å². The van der Waals surface area contributed by atoms with Crippen LogP contribution in [0.4, 0.5) is 5.95 Å². The standard InChI is InChI=1S/C19H23N7O/c1-14-17(24-18(23-14)15-4-2-5-20-12-15)16(27)13-25-8-10-26(11-9-25)19-21-6-3-7-22-19/h2-7,12,16,27H,8-11,13H2,1H3,(H,23,24). The van der Waals surface area contributed by atoms with E-state index in [-0.39, 0.29) is 0 Å². The summed E-state index contributed by atoms with van der Waals surface area (Å²) >= 11 is 0. The molecule has 0 amide bonds. The number of pyridine rings is 1. The van der Waals surface area contributed by atoms with Crippen LogP contribution in [0.3, 0.4) is 0 Å². The first-order chi connectivity index (χ1) is 13.2. The summed E-state index contributed by atoms with van der Waals surface area (Å²) in [7, 11) is 0. The molecule has 1 aliphatic heterocycles. The Morgan fingerprint density at radius 2 is 1.89 bits per heavy atom. The number of nitrogens with zero attached hydrogens (tertiary/aromatic N) is 6. The number of piperazine rings is 1. The van der Waals surface area contributed by atoms with E-state index in [9.17, 15) is 5.11 Å². The van der Waals surface area contributed by atoms with Crippen LogP contribution in [0.1, 0.15) is 17.5 Å². The van der Waals surface area contributed by atoms with Gasteiger partial charge in [-0.1, -0.05) is 0 Å². The molecule has 3 aromatic rings. The second kappa shape index (κ2) is 7.81. The molecule has 8 nitrogen and oxygen atoms in total. The number of H-pyrrole nitrogens is 1. The molecule has 0 aliphatic carbocycles. The highest BCUT2D eigenvalue weighted by atomic mass is 16.3. The van der Waals surface area contributed by atoms with Crippen molar-refractivity contribution < 1.29 is 5.11 Å². The third-order valence-electron chi connectivity index (χ3n) is 4.81. The van der Waals surface area contributed by atoms with Gasteiger partial charge < -0.3 is 15.0 Å². The summed E-state index contributed by atoms with van der Waals surface area (Å²) in [5.74, 6) is 1.50. The first-order valence-corrected chi connectivity index (χ1v) is 9.10. The van der Waals surface area contributed by atoms with Crippen LogP contribution in [0, 0.1) is 6.92 Å². The molecule has 1 unspecified atom stereocenters. The molecular formula is C19H23N7O. The lowest BCUT2D eigenvalue weighted by atomic mass is 10.2. The fourth-order valence-electron chi connectivity index (χ4n) is 3.35. The molecule has 0 spiro atoms. The Hall–Kier alpha value is -2.84. The minimum absolute atomic E-state index is 0.557. The molecule has 1 atom stereocenters. The Kier molecular flexibility index (Phi) is 5.08. The summed E-state index contributed by atoms with van der Waals surface area (Å²) in [5, 5.41) is 10.7. The van der Waals surface area contributed by atoms with E-state index in [1.54, 1.807) is 24.8 Å². The number of rotatable bonds is 5. The zero-order chi connectivity index (χ0) is 18.6. The van der Waals surface area contributed by atoms with Gasteiger partial charge in [-0.25, -0.2) is 15.0 Å². The molecular weight excluding hydrogens is 342 g/mol. The molecule has 1 aliphatic rings. The van der Waals surface area contributed by atoms with Crippen molar-refractivity contribution in [1.82, 2.24) is 29.8 Å². The third-order valence-corrected chi connectivity index (χ3v) is 4.81. The first kappa shape index (κ1) is 17.6. The van der Waals surface area contributed by atoms with E-state index in [0.717, 1.165) is 49.2 Å². The maximum Gasteiger partial charge on any atom is 0.225 e. The largest absolute Gasteiger partial charge is 0.385 e. The molecule has 27 heavy (non-hydrogen) atoms. The zero-order valence-electron chi connectivity index (χ0n) is 15.3. The van der Waals surface area contributed by atoms with Gasteiger partial charge in [0, 0.05) is 68.8 Å². The fraction of sp³-hybridized carbons (Fsp3) is 0.368. The van der Waals surface area contributed by atoms with E-state index in [1.807, 2.05) is 25.1 Å². The Balaban J connectivity index is 1.37. The molecule has 8 heteroatoms. The number of imidazole rings is 1. The maximum absolute atomic E-state index is 10.7. The Bertz CT molecular complexity index is 860. The predicted octanol–water partition coefficient (Wildman–Crippen LogP) is 1.43. The quantitative estimate of drug-likeness (QED) is 0.706. The van der Waals surface area contributed by atoms with Crippen LogP contribution in [-0.4, -0.2) is 67.7 Å². The lowest BCUT2D eigenvalue weighted by Gasteiger charge is -2.35. The number of hydrogen-bond donors (Lipinski definition) is 2. The number of aromatic nitrogens is 5. The molecule has 0 radical (unpaired) electrons. The Labute approximate surface area is 157 Å². The number of nitrogens with one attached hydrogen (secondary N) is 1. The molecule has 4 heterocycles. The topological polar surface area (TPSA) is 94.1 Å². The molecule has 140 valence electrons. The molecule has 4 rings (SSSR count). The number of anilines is 1. The number of aryl methyl sites for hydroxylation is 1. The predicted molar refractivity (Wildman–Crippen MR) is 102 cm³/mol. The van der Waals surface area contributed by atoms with Crippen molar-refractivity contribution in [2.45, 2.75) is 13.0 Å². The molecule has 0 aromatic carbocycles. The van der Waals surface area contributed by atoms with E-state index in [2.05, 4.69) is 34.7 Å². The van der Waals surface area contributed by atoms with Crippen molar-refractivity contribution >= 4 is 5.95 Å². The summed E-state index contributed by atoms with van der Waals surface area (Å²) < 4.78 is 0. The minimum Gasteiger partial charge on any atom is -0.385 e. The van der Waals surface area contributed by atoms with E-state index in [1.165, 1.54) is 0 Å². The molecule has 3 aromatic heterocycles. The highest BCUT2D eigenvalue weighted by Crippen LogP contribution is 2.22. The molecule has 1 saturated heterocycles. The number of aromatic amines is 1. The third kappa shape index (κ3) is 3.96. The average molecular weight is 365 g/mol. The molecule has 1 fully saturated rings. The monoisotopic (exact) mass is 365 g/mol. The number of hydrogen-bond acceptors (Lipinski definition) is 7. The van der Waals surface area contributed by atoms with Gasteiger partial charge in [0.2, 0.25) is 5.95 Å². The van der Waals surface area contributed by atoms with Crippen LogP contribution in [0.15, 0.2) is 43.0 Å². The Morgan fingerprint density at radius 3 is 2.59 bits per heavy atom. The van der Waals surface area contributed by atoms with Crippen LogP contribution < -0.4 is 4.90 Å². The molecule has 0 saturated carbocycles. The highest BCUT2D eigenvalue weighted by molar-refractivity contribution is 5.54. The number of aliphatic hydroxyl groups excluding tert-OH is 1. The van der Waals surface area contributed by atoms with Gasteiger partial charge in [-0.3, -0.25) is 9.88 Å². The van der Waals surface area contributed by atoms with Crippen molar-refractivity contribution in [3.63, 3.8) is 0 Å². The van der Waals surface area contributed by atoms with Gasteiger partial charge in [0.15, 0.2) is 0 Å². The van der Waals surface area contributed by atoms with E-state index >= 15 is 0 Å². The van der Waals surface area contributed by atoms with E-state index in [4.69, 9.17) is 0 Å². The van der Waals surface area contributed by atoms with Gasteiger partial charge in [0.25, 0.3) is 0 Å². The van der Waals surface area contributed by atoms with Gasteiger partial charge >= 0.3 is 0 Å².